The van der Waals surface area contributed by atoms with E-state index in [4.69, 9.17) is 4.52 Å². The first kappa shape index (κ1) is 10.8. The van der Waals surface area contributed by atoms with Gasteiger partial charge in [0.25, 0.3) is 0 Å². The van der Waals surface area contributed by atoms with Crippen LogP contribution < -0.4 is 5.32 Å². The third-order valence-electron chi connectivity index (χ3n) is 2.34. The summed E-state index contributed by atoms with van der Waals surface area (Å²) >= 11 is 0. The first-order chi connectivity index (χ1) is 7.79. The minimum Gasteiger partial charge on any atom is -0.339 e. The zero-order valence-corrected chi connectivity index (χ0v) is 9.34. The molecule has 1 atom stereocenters. The normalized spacial score (nSPS) is 12.6. The smallest absolute Gasteiger partial charge is 0.228 e. The van der Waals surface area contributed by atoms with Crippen molar-refractivity contribution in [3.8, 4) is 11.5 Å². The molecule has 0 aromatic carbocycles. The molecule has 0 aliphatic carbocycles. The number of hydrogen-bond donors (Lipinski definition) is 1. The van der Waals surface area contributed by atoms with Gasteiger partial charge in [0.2, 0.25) is 11.7 Å². The third-order valence-corrected chi connectivity index (χ3v) is 2.34. The summed E-state index contributed by atoms with van der Waals surface area (Å²) in [5.74, 6) is 1.17. The van der Waals surface area contributed by atoms with E-state index in [9.17, 15) is 0 Å². The van der Waals surface area contributed by atoms with Crippen molar-refractivity contribution in [3.63, 3.8) is 0 Å². The van der Waals surface area contributed by atoms with Gasteiger partial charge < -0.3 is 9.84 Å². The van der Waals surface area contributed by atoms with Crippen molar-refractivity contribution in [1.82, 2.24) is 20.4 Å². The highest BCUT2D eigenvalue weighted by Crippen LogP contribution is 2.12. The molecule has 0 fully saturated rings. The molecule has 16 heavy (non-hydrogen) atoms. The molecule has 84 valence electrons. The molecule has 2 rings (SSSR count). The molecule has 2 heterocycles. The molecule has 0 aliphatic heterocycles. The Morgan fingerprint density at radius 1 is 1.44 bits per heavy atom. The summed E-state index contributed by atoms with van der Waals surface area (Å²) in [7, 11) is 1.90. The van der Waals surface area contributed by atoms with Crippen molar-refractivity contribution >= 4 is 0 Å². The molecule has 0 amide bonds. The molecule has 0 aliphatic rings. The largest absolute Gasteiger partial charge is 0.339 e. The highest BCUT2D eigenvalue weighted by atomic mass is 16.5. The Morgan fingerprint density at radius 2 is 2.31 bits per heavy atom. The maximum absolute atomic E-state index is 5.15. The molecule has 1 unspecified atom stereocenters. The van der Waals surface area contributed by atoms with Gasteiger partial charge in [0.1, 0.15) is 5.69 Å². The highest BCUT2D eigenvalue weighted by Gasteiger charge is 2.11. The Bertz CT molecular complexity index is 440. The zero-order chi connectivity index (χ0) is 11.4. The maximum Gasteiger partial charge on any atom is 0.228 e. The van der Waals surface area contributed by atoms with Crippen molar-refractivity contribution in [1.29, 1.82) is 0 Å². The molecule has 0 saturated heterocycles. The molecule has 0 spiro atoms. The first-order valence-electron chi connectivity index (χ1n) is 5.21. The fourth-order valence-electron chi connectivity index (χ4n) is 1.30. The number of nitrogens with zero attached hydrogens (tertiary/aromatic N) is 3. The summed E-state index contributed by atoms with van der Waals surface area (Å²) in [5.41, 5.74) is 0.731. The summed E-state index contributed by atoms with van der Waals surface area (Å²) in [6, 6.07) is 5.93. The Kier molecular flexibility index (Phi) is 3.26. The van der Waals surface area contributed by atoms with Crippen LogP contribution in [0.5, 0.6) is 0 Å². The standard InChI is InChI=1S/C11H14N4O/c1-8(12-2)7-10-14-11(15-16-10)9-5-3-4-6-13-9/h3-6,8,12H,7H2,1-2H3. The van der Waals surface area contributed by atoms with E-state index in [0.717, 1.165) is 12.1 Å². The van der Waals surface area contributed by atoms with Crippen molar-refractivity contribution in [2.24, 2.45) is 0 Å². The second kappa shape index (κ2) is 4.85. The topological polar surface area (TPSA) is 63.8 Å². The van der Waals surface area contributed by atoms with E-state index in [1.165, 1.54) is 0 Å². The lowest BCUT2D eigenvalue weighted by Crippen LogP contribution is -2.23. The Morgan fingerprint density at radius 3 is 3.00 bits per heavy atom. The Hall–Kier alpha value is -1.75. The van der Waals surface area contributed by atoms with Gasteiger partial charge in [0.05, 0.1) is 0 Å². The molecule has 0 radical (unpaired) electrons. The number of hydrogen-bond acceptors (Lipinski definition) is 5. The van der Waals surface area contributed by atoms with Gasteiger partial charge in [0.15, 0.2) is 0 Å². The minimum atomic E-state index is 0.317. The first-order valence-corrected chi connectivity index (χ1v) is 5.21. The summed E-state index contributed by atoms with van der Waals surface area (Å²) in [6.07, 6.45) is 2.43. The summed E-state index contributed by atoms with van der Waals surface area (Å²) in [6.45, 7) is 2.06. The van der Waals surface area contributed by atoms with Crippen LogP contribution in [0.2, 0.25) is 0 Å². The third kappa shape index (κ3) is 2.43. The van der Waals surface area contributed by atoms with Crippen LogP contribution in [0.15, 0.2) is 28.9 Å². The monoisotopic (exact) mass is 218 g/mol. The summed E-state index contributed by atoms with van der Waals surface area (Å²) < 4.78 is 5.15. The lowest BCUT2D eigenvalue weighted by Gasteiger charge is -2.04. The fourth-order valence-corrected chi connectivity index (χ4v) is 1.30. The van der Waals surface area contributed by atoms with E-state index in [0.29, 0.717) is 17.8 Å². The van der Waals surface area contributed by atoms with Gasteiger partial charge >= 0.3 is 0 Å². The predicted molar refractivity (Wildman–Crippen MR) is 59.8 cm³/mol. The predicted octanol–water partition coefficient (Wildman–Crippen LogP) is 1.28. The van der Waals surface area contributed by atoms with E-state index in [1.807, 2.05) is 25.2 Å². The van der Waals surface area contributed by atoms with Gasteiger partial charge in [0, 0.05) is 18.7 Å². The number of likely N-dealkylation sites (N-methyl/N-ethyl adjacent to an activating group) is 1. The van der Waals surface area contributed by atoms with Gasteiger partial charge in [-0.15, -0.1) is 0 Å². The molecular weight excluding hydrogens is 204 g/mol. The van der Waals surface area contributed by atoms with Crippen LogP contribution >= 0.6 is 0 Å². The fraction of sp³-hybridized carbons (Fsp3) is 0.364. The quantitative estimate of drug-likeness (QED) is 0.837. The van der Waals surface area contributed by atoms with Crippen LogP contribution in [0.1, 0.15) is 12.8 Å². The van der Waals surface area contributed by atoms with Crippen LogP contribution in [0, 0.1) is 0 Å². The molecule has 0 bridgehead atoms. The van der Waals surface area contributed by atoms with Crippen LogP contribution in [0.25, 0.3) is 11.5 Å². The number of aromatic nitrogens is 3. The van der Waals surface area contributed by atoms with E-state index in [2.05, 4.69) is 27.4 Å². The zero-order valence-electron chi connectivity index (χ0n) is 9.34. The van der Waals surface area contributed by atoms with Crippen molar-refractivity contribution in [2.45, 2.75) is 19.4 Å². The molecule has 1 N–H and O–H groups in total. The van der Waals surface area contributed by atoms with E-state index >= 15 is 0 Å². The van der Waals surface area contributed by atoms with Gasteiger partial charge in [-0.3, -0.25) is 4.98 Å². The van der Waals surface area contributed by atoms with Crippen molar-refractivity contribution in [3.05, 3.63) is 30.3 Å². The molecule has 5 heteroatoms. The van der Waals surface area contributed by atoms with E-state index in [1.54, 1.807) is 6.20 Å². The average Bonchev–Trinajstić information content (AvgIpc) is 2.78. The lowest BCUT2D eigenvalue weighted by atomic mass is 10.2. The highest BCUT2D eigenvalue weighted by molar-refractivity contribution is 5.46. The van der Waals surface area contributed by atoms with Gasteiger partial charge in [-0.05, 0) is 26.1 Å². The number of nitrogens with one attached hydrogen (secondary N) is 1. The second-order valence-electron chi connectivity index (χ2n) is 3.62. The molecular formula is C11H14N4O. The van der Waals surface area contributed by atoms with E-state index in [-0.39, 0.29) is 0 Å². The Labute approximate surface area is 93.9 Å². The molecule has 5 nitrogen and oxygen atoms in total. The summed E-state index contributed by atoms with van der Waals surface area (Å²) in [5, 5.41) is 7.02. The van der Waals surface area contributed by atoms with Crippen LogP contribution in [-0.4, -0.2) is 28.2 Å². The molecule has 2 aromatic heterocycles. The number of rotatable bonds is 4. The van der Waals surface area contributed by atoms with Crippen LogP contribution in [-0.2, 0) is 6.42 Å². The SMILES string of the molecule is CNC(C)Cc1nc(-c2ccccn2)no1. The molecule has 2 aromatic rings. The molecule has 0 saturated carbocycles. The Balaban J connectivity index is 2.14. The van der Waals surface area contributed by atoms with Gasteiger partial charge in [-0.1, -0.05) is 11.2 Å². The van der Waals surface area contributed by atoms with Gasteiger partial charge in [-0.2, -0.15) is 4.98 Å². The maximum atomic E-state index is 5.15. The lowest BCUT2D eigenvalue weighted by molar-refractivity contribution is 0.365. The number of pyridine rings is 1. The van der Waals surface area contributed by atoms with Gasteiger partial charge in [-0.25, -0.2) is 0 Å². The van der Waals surface area contributed by atoms with Crippen molar-refractivity contribution < 1.29 is 4.52 Å². The van der Waals surface area contributed by atoms with Crippen LogP contribution in [0.3, 0.4) is 0 Å². The average molecular weight is 218 g/mol. The van der Waals surface area contributed by atoms with Crippen molar-refractivity contribution in [2.75, 3.05) is 7.05 Å². The summed E-state index contributed by atoms with van der Waals surface area (Å²) in [4.78, 5) is 8.45. The second-order valence-corrected chi connectivity index (χ2v) is 3.62. The van der Waals surface area contributed by atoms with E-state index < -0.39 is 0 Å². The minimum absolute atomic E-state index is 0.317. The van der Waals surface area contributed by atoms with Crippen LogP contribution in [0.4, 0.5) is 0 Å².